The molecule has 3 nitrogen and oxygen atoms in total. The first-order valence-corrected chi connectivity index (χ1v) is 6.82. The fourth-order valence-corrected chi connectivity index (χ4v) is 2.71. The summed E-state index contributed by atoms with van der Waals surface area (Å²) in [5, 5.41) is 3.50. The van der Waals surface area contributed by atoms with Gasteiger partial charge in [0.15, 0.2) is 0 Å². The summed E-state index contributed by atoms with van der Waals surface area (Å²) in [5.74, 6) is 0.728. The van der Waals surface area contributed by atoms with Crippen LogP contribution in [0, 0.1) is 5.92 Å². The van der Waals surface area contributed by atoms with Gasteiger partial charge in [-0.3, -0.25) is 4.90 Å². The summed E-state index contributed by atoms with van der Waals surface area (Å²) in [6.45, 7) is 9.98. The van der Waals surface area contributed by atoms with E-state index in [-0.39, 0.29) is 0 Å². The zero-order valence-corrected chi connectivity index (χ0v) is 10.7. The van der Waals surface area contributed by atoms with E-state index in [1.54, 1.807) is 0 Å². The van der Waals surface area contributed by atoms with Crippen LogP contribution >= 0.6 is 0 Å². The Labute approximate surface area is 99.5 Å². The van der Waals surface area contributed by atoms with Gasteiger partial charge in [0, 0.05) is 19.1 Å². The zero-order valence-electron chi connectivity index (χ0n) is 10.7. The normalized spacial score (nSPS) is 31.7. The highest BCUT2D eigenvalue weighted by Crippen LogP contribution is 2.21. The molecule has 0 saturated carbocycles. The molecule has 0 aromatic heterocycles. The van der Waals surface area contributed by atoms with Crippen molar-refractivity contribution in [2.24, 2.45) is 5.92 Å². The molecule has 2 fully saturated rings. The molecule has 0 spiro atoms. The molecule has 0 aromatic carbocycles. The van der Waals surface area contributed by atoms with Gasteiger partial charge in [-0.05, 0) is 31.8 Å². The van der Waals surface area contributed by atoms with Crippen LogP contribution in [0.25, 0.3) is 0 Å². The highest BCUT2D eigenvalue weighted by molar-refractivity contribution is 4.84. The van der Waals surface area contributed by atoms with Gasteiger partial charge in [0.05, 0.1) is 12.7 Å². The highest BCUT2D eigenvalue weighted by Gasteiger charge is 2.30. The van der Waals surface area contributed by atoms with Gasteiger partial charge < -0.3 is 10.1 Å². The van der Waals surface area contributed by atoms with Gasteiger partial charge in [0.2, 0.25) is 0 Å². The lowest BCUT2D eigenvalue weighted by molar-refractivity contribution is -0.0733. The molecule has 16 heavy (non-hydrogen) atoms. The summed E-state index contributed by atoms with van der Waals surface area (Å²) in [5.41, 5.74) is 0. The fourth-order valence-electron chi connectivity index (χ4n) is 2.71. The minimum atomic E-state index is 0.410. The molecule has 0 amide bonds. The van der Waals surface area contributed by atoms with E-state index in [1.165, 1.54) is 25.8 Å². The summed E-state index contributed by atoms with van der Waals surface area (Å²) in [7, 11) is 0. The minimum absolute atomic E-state index is 0.410. The maximum atomic E-state index is 5.93. The van der Waals surface area contributed by atoms with Gasteiger partial charge in [-0.2, -0.15) is 0 Å². The van der Waals surface area contributed by atoms with Crippen LogP contribution in [0.3, 0.4) is 0 Å². The molecule has 94 valence electrons. The molecule has 2 aliphatic heterocycles. The van der Waals surface area contributed by atoms with E-state index >= 15 is 0 Å². The van der Waals surface area contributed by atoms with Crippen molar-refractivity contribution in [1.82, 2.24) is 10.2 Å². The van der Waals surface area contributed by atoms with Gasteiger partial charge in [-0.15, -0.1) is 0 Å². The molecule has 0 aromatic rings. The van der Waals surface area contributed by atoms with Gasteiger partial charge >= 0.3 is 0 Å². The molecular weight excluding hydrogens is 200 g/mol. The Morgan fingerprint density at radius 3 is 3.06 bits per heavy atom. The molecule has 0 radical (unpaired) electrons. The average molecular weight is 226 g/mol. The van der Waals surface area contributed by atoms with Crippen LogP contribution in [0.2, 0.25) is 0 Å². The maximum absolute atomic E-state index is 5.93. The number of ether oxygens (including phenoxy) is 1. The molecule has 2 heterocycles. The fraction of sp³-hybridized carbons (Fsp3) is 1.00. The lowest BCUT2D eigenvalue weighted by atomic mass is 10.0. The monoisotopic (exact) mass is 226 g/mol. The Morgan fingerprint density at radius 2 is 2.25 bits per heavy atom. The first-order valence-electron chi connectivity index (χ1n) is 6.82. The Hall–Kier alpha value is -0.120. The summed E-state index contributed by atoms with van der Waals surface area (Å²) < 4.78 is 5.93. The molecule has 0 aliphatic carbocycles. The van der Waals surface area contributed by atoms with Crippen LogP contribution in [0.1, 0.15) is 33.1 Å². The van der Waals surface area contributed by atoms with Gasteiger partial charge in [0.25, 0.3) is 0 Å². The summed E-state index contributed by atoms with van der Waals surface area (Å²) in [4.78, 5) is 2.63. The number of nitrogens with zero attached hydrogens (tertiary/aromatic N) is 1. The molecule has 2 unspecified atom stereocenters. The quantitative estimate of drug-likeness (QED) is 0.786. The van der Waals surface area contributed by atoms with Gasteiger partial charge in [0.1, 0.15) is 0 Å². The van der Waals surface area contributed by atoms with Gasteiger partial charge in [-0.25, -0.2) is 0 Å². The predicted octanol–water partition coefficient (Wildman–Crippen LogP) is 1.49. The third-order valence-electron chi connectivity index (χ3n) is 3.64. The Balaban J connectivity index is 1.68. The lowest BCUT2D eigenvalue weighted by Crippen LogP contribution is -2.54. The number of piperidine rings is 1. The van der Waals surface area contributed by atoms with Crippen LogP contribution in [0.5, 0.6) is 0 Å². The smallest absolute Gasteiger partial charge is 0.0826 e. The summed E-state index contributed by atoms with van der Waals surface area (Å²) in [6, 6.07) is 0.718. The standard InChI is InChI=1S/C13H26N2O/c1-11(2)7-14-8-13-9-15-6-4-3-5-12(15)10-16-13/h11-14H,3-10H2,1-2H3. The minimum Gasteiger partial charge on any atom is -0.374 e. The van der Waals surface area contributed by atoms with Crippen LogP contribution in [-0.2, 0) is 4.74 Å². The first-order chi connectivity index (χ1) is 7.75. The Bertz CT molecular complexity index is 208. The van der Waals surface area contributed by atoms with E-state index < -0.39 is 0 Å². The second-order valence-electron chi connectivity index (χ2n) is 5.65. The number of hydrogen-bond acceptors (Lipinski definition) is 3. The Kier molecular flexibility index (Phi) is 4.62. The number of rotatable bonds is 4. The second-order valence-corrected chi connectivity index (χ2v) is 5.65. The van der Waals surface area contributed by atoms with Crippen LogP contribution < -0.4 is 5.32 Å². The van der Waals surface area contributed by atoms with Crippen molar-refractivity contribution in [3.05, 3.63) is 0 Å². The molecule has 2 aliphatic rings. The Morgan fingerprint density at radius 1 is 1.38 bits per heavy atom. The molecule has 0 bridgehead atoms. The zero-order chi connectivity index (χ0) is 11.4. The van der Waals surface area contributed by atoms with Crippen molar-refractivity contribution in [1.29, 1.82) is 0 Å². The molecule has 1 N–H and O–H groups in total. The van der Waals surface area contributed by atoms with Crippen molar-refractivity contribution in [3.63, 3.8) is 0 Å². The third-order valence-corrected chi connectivity index (χ3v) is 3.64. The summed E-state index contributed by atoms with van der Waals surface area (Å²) in [6.07, 6.45) is 4.52. The van der Waals surface area contributed by atoms with Crippen molar-refractivity contribution < 1.29 is 4.74 Å². The van der Waals surface area contributed by atoms with E-state index in [0.717, 1.165) is 38.2 Å². The van der Waals surface area contributed by atoms with Gasteiger partial charge in [-0.1, -0.05) is 20.3 Å². The molecule has 2 atom stereocenters. The lowest BCUT2D eigenvalue weighted by Gasteiger charge is -2.42. The highest BCUT2D eigenvalue weighted by atomic mass is 16.5. The van der Waals surface area contributed by atoms with E-state index in [4.69, 9.17) is 4.74 Å². The molecule has 2 saturated heterocycles. The maximum Gasteiger partial charge on any atom is 0.0826 e. The largest absolute Gasteiger partial charge is 0.374 e. The topological polar surface area (TPSA) is 24.5 Å². The first kappa shape index (κ1) is 12.3. The molecule has 2 rings (SSSR count). The van der Waals surface area contributed by atoms with E-state index in [2.05, 4.69) is 24.1 Å². The number of fused-ring (bicyclic) bond motifs is 1. The second kappa shape index (κ2) is 5.99. The summed E-state index contributed by atoms with van der Waals surface area (Å²) >= 11 is 0. The predicted molar refractivity (Wildman–Crippen MR) is 66.7 cm³/mol. The van der Waals surface area contributed by atoms with E-state index in [0.29, 0.717) is 6.10 Å². The van der Waals surface area contributed by atoms with Crippen molar-refractivity contribution >= 4 is 0 Å². The number of hydrogen-bond donors (Lipinski definition) is 1. The molecular formula is C13H26N2O. The number of nitrogens with one attached hydrogen (secondary N) is 1. The van der Waals surface area contributed by atoms with E-state index in [1.807, 2.05) is 0 Å². The van der Waals surface area contributed by atoms with Crippen LogP contribution in [-0.4, -0.2) is 49.8 Å². The van der Waals surface area contributed by atoms with Crippen molar-refractivity contribution in [2.75, 3.05) is 32.8 Å². The third kappa shape index (κ3) is 3.44. The van der Waals surface area contributed by atoms with Crippen molar-refractivity contribution in [2.45, 2.75) is 45.3 Å². The average Bonchev–Trinajstić information content (AvgIpc) is 2.28. The van der Waals surface area contributed by atoms with Crippen molar-refractivity contribution in [3.8, 4) is 0 Å². The van der Waals surface area contributed by atoms with Crippen LogP contribution in [0.15, 0.2) is 0 Å². The molecule has 3 heteroatoms. The SMILES string of the molecule is CC(C)CNCC1CN2CCCCC2CO1. The van der Waals surface area contributed by atoms with Crippen LogP contribution in [0.4, 0.5) is 0 Å². The van der Waals surface area contributed by atoms with E-state index in [9.17, 15) is 0 Å². The number of morpholine rings is 1.